The fourth-order valence-electron chi connectivity index (χ4n) is 4.10. The summed E-state index contributed by atoms with van der Waals surface area (Å²) in [5, 5.41) is 5.91. The standard InChI is InChI=1S/C22H23BrN6O3S2/c23-16-14-26-21(24-9-12-28-13-10-25-22(28)30)27-20(16)18-7-8-19(33-18)34(31,32)29-11-3-5-15-4-1-2-6-17(15)29/h1-2,4,6-8,14H,3,5,9-13H2,(H,25,30)(H,24,26,27). The number of anilines is 2. The summed E-state index contributed by atoms with van der Waals surface area (Å²) < 4.78 is 29.4. The number of hydrogen-bond donors (Lipinski definition) is 2. The van der Waals surface area contributed by atoms with Crippen LogP contribution >= 0.6 is 27.3 Å². The van der Waals surface area contributed by atoms with Crippen LogP contribution in [0.4, 0.5) is 16.4 Å². The van der Waals surface area contributed by atoms with Crippen molar-refractivity contribution in [2.75, 3.05) is 42.3 Å². The van der Waals surface area contributed by atoms with E-state index in [1.807, 2.05) is 24.3 Å². The van der Waals surface area contributed by atoms with Gasteiger partial charge in [-0.15, -0.1) is 11.3 Å². The average Bonchev–Trinajstić information content (AvgIpc) is 3.50. The van der Waals surface area contributed by atoms with E-state index in [4.69, 9.17) is 0 Å². The Hall–Kier alpha value is -2.70. The van der Waals surface area contributed by atoms with Gasteiger partial charge in [0.1, 0.15) is 9.90 Å². The molecule has 2 N–H and O–H groups in total. The minimum absolute atomic E-state index is 0.0668. The second-order valence-electron chi connectivity index (χ2n) is 7.96. The number of rotatable bonds is 7. The molecule has 5 rings (SSSR count). The molecule has 0 bridgehead atoms. The summed E-state index contributed by atoms with van der Waals surface area (Å²) >= 11 is 4.68. The Bertz CT molecular complexity index is 1330. The van der Waals surface area contributed by atoms with Crippen molar-refractivity contribution >= 4 is 55.0 Å². The number of nitrogens with one attached hydrogen (secondary N) is 2. The molecule has 1 aromatic carbocycles. The molecule has 9 nitrogen and oxygen atoms in total. The molecule has 12 heteroatoms. The van der Waals surface area contributed by atoms with Gasteiger partial charge in [-0.3, -0.25) is 4.31 Å². The summed E-state index contributed by atoms with van der Waals surface area (Å²) in [5.74, 6) is 0.417. The molecule has 0 aliphatic carbocycles. The maximum Gasteiger partial charge on any atom is 0.317 e. The number of halogens is 1. The zero-order valence-electron chi connectivity index (χ0n) is 18.2. The van der Waals surface area contributed by atoms with E-state index >= 15 is 0 Å². The number of nitrogens with zero attached hydrogens (tertiary/aromatic N) is 4. The lowest BCUT2D eigenvalue weighted by molar-refractivity contribution is 0.219. The Morgan fingerprint density at radius 1 is 1.18 bits per heavy atom. The highest BCUT2D eigenvalue weighted by Gasteiger charge is 2.30. The smallest absolute Gasteiger partial charge is 0.317 e. The van der Waals surface area contributed by atoms with E-state index in [1.54, 1.807) is 23.2 Å². The zero-order chi connectivity index (χ0) is 23.7. The van der Waals surface area contributed by atoms with Crippen LogP contribution in [0, 0.1) is 0 Å². The number of urea groups is 1. The molecule has 2 aliphatic rings. The van der Waals surface area contributed by atoms with Gasteiger partial charge in [0.05, 0.1) is 15.0 Å². The molecule has 0 atom stereocenters. The number of carbonyl (C=O) groups excluding carboxylic acids is 1. The van der Waals surface area contributed by atoms with Crippen molar-refractivity contribution in [3.05, 3.63) is 52.6 Å². The van der Waals surface area contributed by atoms with Crippen LogP contribution in [0.25, 0.3) is 10.6 Å². The Kier molecular flexibility index (Phi) is 6.45. The van der Waals surface area contributed by atoms with Crippen molar-refractivity contribution < 1.29 is 13.2 Å². The average molecular weight is 564 g/mol. The summed E-state index contributed by atoms with van der Waals surface area (Å²) in [4.78, 5) is 23.0. The van der Waals surface area contributed by atoms with E-state index in [1.165, 1.54) is 15.6 Å². The predicted octanol–water partition coefficient (Wildman–Crippen LogP) is 3.55. The summed E-state index contributed by atoms with van der Waals surface area (Å²) in [6, 6.07) is 11.0. The predicted molar refractivity (Wildman–Crippen MR) is 136 cm³/mol. The molecule has 2 aliphatic heterocycles. The van der Waals surface area contributed by atoms with Crippen LogP contribution in [-0.2, 0) is 16.4 Å². The van der Waals surface area contributed by atoms with Gasteiger partial charge in [0.25, 0.3) is 10.0 Å². The van der Waals surface area contributed by atoms with Crippen LogP contribution in [-0.4, -0.2) is 62.0 Å². The third-order valence-electron chi connectivity index (χ3n) is 5.78. The molecule has 178 valence electrons. The molecule has 0 unspecified atom stereocenters. The van der Waals surface area contributed by atoms with Crippen LogP contribution in [0.3, 0.4) is 0 Å². The first-order valence-electron chi connectivity index (χ1n) is 10.9. The molecular weight excluding hydrogens is 540 g/mol. The van der Waals surface area contributed by atoms with Gasteiger partial charge in [0.2, 0.25) is 5.95 Å². The maximum absolute atomic E-state index is 13.5. The molecule has 0 spiro atoms. The van der Waals surface area contributed by atoms with Crippen molar-refractivity contribution in [2.45, 2.75) is 17.1 Å². The summed E-state index contributed by atoms with van der Waals surface area (Å²) in [6.07, 6.45) is 3.31. The summed E-state index contributed by atoms with van der Waals surface area (Å²) in [6.45, 7) is 2.85. The second-order valence-corrected chi connectivity index (χ2v) is 12.0. The van der Waals surface area contributed by atoms with Gasteiger partial charge < -0.3 is 15.5 Å². The third-order valence-corrected chi connectivity index (χ3v) is 9.73. The number of sulfonamides is 1. The SMILES string of the molecule is O=C1NCCN1CCNc1ncc(Br)c(-c2ccc(S(=O)(=O)N3CCCc4ccccc43)s2)n1. The molecular formula is C22H23BrN6O3S2. The highest BCUT2D eigenvalue weighted by Crippen LogP contribution is 2.38. The number of aromatic nitrogens is 2. The van der Waals surface area contributed by atoms with Crippen molar-refractivity contribution in [2.24, 2.45) is 0 Å². The quantitative estimate of drug-likeness (QED) is 0.456. The van der Waals surface area contributed by atoms with Crippen molar-refractivity contribution in [3.8, 4) is 10.6 Å². The lowest BCUT2D eigenvalue weighted by Crippen LogP contribution is -2.35. The van der Waals surface area contributed by atoms with Gasteiger partial charge in [-0.1, -0.05) is 18.2 Å². The molecule has 2 aromatic heterocycles. The second kappa shape index (κ2) is 9.51. The van der Waals surface area contributed by atoms with Gasteiger partial charge >= 0.3 is 6.03 Å². The molecule has 0 saturated carbocycles. The first kappa shape index (κ1) is 23.1. The van der Waals surface area contributed by atoms with Crippen LogP contribution < -0.4 is 14.9 Å². The first-order valence-corrected chi connectivity index (χ1v) is 14.0. The van der Waals surface area contributed by atoms with Crippen LogP contribution in [0.2, 0.25) is 0 Å². The van der Waals surface area contributed by atoms with Crippen molar-refractivity contribution in [1.82, 2.24) is 20.2 Å². The van der Waals surface area contributed by atoms with E-state index in [-0.39, 0.29) is 10.2 Å². The van der Waals surface area contributed by atoms with Gasteiger partial charge in [0.15, 0.2) is 0 Å². The molecule has 34 heavy (non-hydrogen) atoms. The fourth-order valence-corrected chi connectivity index (χ4v) is 7.60. The van der Waals surface area contributed by atoms with E-state index in [0.717, 1.165) is 29.0 Å². The molecule has 3 aromatic rings. The van der Waals surface area contributed by atoms with Gasteiger partial charge in [0, 0.05) is 38.9 Å². The number of aryl methyl sites for hydroxylation is 1. The third kappa shape index (κ3) is 4.49. The molecule has 4 heterocycles. The van der Waals surface area contributed by atoms with Gasteiger partial charge in [-0.25, -0.2) is 23.2 Å². The Morgan fingerprint density at radius 3 is 2.85 bits per heavy atom. The molecule has 1 fully saturated rings. The van der Waals surface area contributed by atoms with E-state index in [2.05, 4.69) is 36.5 Å². The normalized spacial score (nSPS) is 15.9. The minimum atomic E-state index is -3.68. The monoisotopic (exact) mass is 562 g/mol. The molecule has 0 radical (unpaired) electrons. The van der Waals surface area contributed by atoms with Crippen molar-refractivity contribution in [1.29, 1.82) is 0 Å². The molecule has 2 amide bonds. The van der Waals surface area contributed by atoms with Gasteiger partial charge in [-0.2, -0.15) is 0 Å². The Morgan fingerprint density at radius 2 is 2.03 bits per heavy atom. The summed E-state index contributed by atoms with van der Waals surface area (Å²) in [7, 11) is -3.68. The number of hydrogen-bond acceptors (Lipinski definition) is 7. The van der Waals surface area contributed by atoms with E-state index in [9.17, 15) is 13.2 Å². The van der Waals surface area contributed by atoms with Crippen LogP contribution in [0.15, 0.2) is 51.3 Å². The van der Waals surface area contributed by atoms with E-state index in [0.29, 0.717) is 48.8 Å². The highest BCUT2D eigenvalue weighted by molar-refractivity contribution is 9.10. The number of carbonyl (C=O) groups is 1. The number of benzene rings is 1. The largest absolute Gasteiger partial charge is 0.352 e. The number of fused-ring (bicyclic) bond motifs is 1. The number of amides is 2. The van der Waals surface area contributed by atoms with E-state index < -0.39 is 10.0 Å². The van der Waals surface area contributed by atoms with Crippen LogP contribution in [0.1, 0.15) is 12.0 Å². The molecule has 1 saturated heterocycles. The van der Waals surface area contributed by atoms with Crippen molar-refractivity contribution in [3.63, 3.8) is 0 Å². The lowest BCUT2D eigenvalue weighted by atomic mass is 10.0. The topological polar surface area (TPSA) is 108 Å². The van der Waals surface area contributed by atoms with Crippen LogP contribution in [0.5, 0.6) is 0 Å². The zero-order valence-corrected chi connectivity index (χ0v) is 21.4. The number of thiophene rings is 1. The Labute approximate surface area is 210 Å². The first-order chi connectivity index (χ1) is 16.4. The highest BCUT2D eigenvalue weighted by atomic mass is 79.9. The lowest BCUT2D eigenvalue weighted by Gasteiger charge is -2.29. The van der Waals surface area contributed by atoms with Gasteiger partial charge in [-0.05, 0) is 52.5 Å². The minimum Gasteiger partial charge on any atom is -0.352 e. The fraction of sp³-hybridized carbons (Fsp3) is 0.318. The Balaban J connectivity index is 1.35. The maximum atomic E-state index is 13.5. The summed E-state index contributed by atoms with van der Waals surface area (Å²) in [5.41, 5.74) is 2.42. The number of para-hydroxylation sites is 1.